The Labute approximate surface area is 144 Å². The molecule has 1 aromatic carbocycles. The zero-order valence-corrected chi connectivity index (χ0v) is 13.7. The lowest BCUT2D eigenvalue weighted by Crippen LogP contribution is -2.14. The Bertz CT molecular complexity index is 782. The maximum Gasteiger partial charge on any atom is 0.307 e. The van der Waals surface area contributed by atoms with Crippen molar-refractivity contribution < 1.29 is 19.1 Å². The average molecular weight is 345 g/mol. The van der Waals surface area contributed by atoms with Gasteiger partial charge in [-0.3, -0.25) is 14.3 Å². The minimum Gasteiger partial charge on any atom is -0.481 e. The van der Waals surface area contributed by atoms with E-state index >= 15 is 0 Å². The molecule has 1 fully saturated rings. The van der Waals surface area contributed by atoms with Crippen LogP contribution < -0.4 is 5.32 Å². The summed E-state index contributed by atoms with van der Waals surface area (Å²) in [6, 6.07) is 4.32. The summed E-state index contributed by atoms with van der Waals surface area (Å²) in [6.45, 7) is 0. The predicted octanol–water partition coefficient (Wildman–Crippen LogP) is 3.41. The molecule has 132 valence electrons. The Morgan fingerprint density at radius 2 is 2.04 bits per heavy atom. The zero-order valence-electron chi connectivity index (χ0n) is 13.7. The van der Waals surface area contributed by atoms with Crippen LogP contribution in [0.3, 0.4) is 0 Å². The number of nitrogens with one attached hydrogen (secondary N) is 1. The van der Waals surface area contributed by atoms with Crippen LogP contribution >= 0.6 is 0 Å². The van der Waals surface area contributed by atoms with Gasteiger partial charge in [-0.25, -0.2) is 4.39 Å². The molecule has 0 radical (unpaired) electrons. The van der Waals surface area contributed by atoms with Crippen LogP contribution in [0.1, 0.15) is 54.1 Å². The van der Waals surface area contributed by atoms with Gasteiger partial charge in [0.2, 0.25) is 0 Å². The summed E-state index contributed by atoms with van der Waals surface area (Å²) in [7, 11) is 0. The van der Waals surface area contributed by atoms with Crippen LogP contribution in [-0.2, 0) is 11.2 Å². The third kappa shape index (κ3) is 4.23. The van der Waals surface area contributed by atoms with Gasteiger partial charge in [-0.05, 0) is 30.5 Å². The Hall–Kier alpha value is -2.70. The quantitative estimate of drug-likeness (QED) is 0.870. The highest BCUT2D eigenvalue weighted by Crippen LogP contribution is 2.27. The van der Waals surface area contributed by atoms with E-state index in [1.165, 1.54) is 37.6 Å². The molecule has 1 heterocycles. The number of anilines is 1. The first-order valence-corrected chi connectivity index (χ1v) is 8.38. The molecule has 1 saturated carbocycles. The minimum atomic E-state index is -1.11. The molecule has 0 bridgehead atoms. The molecule has 6 nitrogen and oxygen atoms in total. The Balaban J connectivity index is 1.67. The van der Waals surface area contributed by atoms with E-state index in [0.29, 0.717) is 11.6 Å². The van der Waals surface area contributed by atoms with Gasteiger partial charge in [0.1, 0.15) is 5.82 Å². The Morgan fingerprint density at radius 1 is 1.28 bits per heavy atom. The van der Waals surface area contributed by atoms with E-state index in [4.69, 9.17) is 5.11 Å². The highest BCUT2D eigenvalue weighted by Gasteiger charge is 2.18. The molecule has 1 aromatic heterocycles. The fraction of sp³-hybridized carbons (Fsp3) is 0.389. The lowest BCUT2D eigenvalue weighted by molar-refractivity contribution is -0.136. The first-order chi connectivity index (χ1) is 12.0. The van der Waals surface area contributed by atoms with Crippen molar-refractivity contribution in [3.8, 4) is 0 Å². The molecular weight excluding hydrogens is 325 g/mol. The molecule has 2 aromatic rings. The predicted molar refractivity (Wildman–Crippen MR) is 90.0 cm³/mol. The molecule has 3 rings (SSSR count). The van der Waals surface area contributed by atoms with Gasteiger partial charge >= 0.3 is 5.97 Å². The van der Waals surface area contributed by atoms with Gasteiger partial charge in [0.05, 0.1) is 24.2 Å². The molecule has 0 saturated heterocycles. The number of rotatable bonds is 5. The van der Waals surface area contributed by atoms with Gasteiger partial charge in [-0.2, -0.15) is 5.10 Å². The fourth-order valence-electron chi connectivity index (χ4n) is 3.14. The molecule has 0 unspecified atom stereocenters. The highest BCUT2D eigenvalue weighted by atomic mass is 19.1. The second-order valence-electron chi connectivity index (χ2n) is 6.33. The SMILES string of the molecule is O=C(O)Cc1ccc(NC(=O)c2cnn(C3CCCCC3)c2)cc1F. The van der Waals surface area contributed by atoms with Crippen LogP contribution in [0.25, 0.3) is 0 Å². The number of aliphatic carboxylic acids is 1. The van der Waals surface area contributed by atoms with Gasteiger partial charge in [0.15, 0.2) is 0 Å². The molecule has 1 amide bonds. The topological polar surface area (TPSA) is 84.2 Å². The molecule has 0 atom stereocenters. The molecule has 7 heteroatoms. The van der Waals surface area contributed by atoms with Crippen molar-refractivity contribution in [2.24, 2.45) is 0 Å². The third-order valence-corrected chi connectivity index (χ3v) is 4.47. The molecule has 1 aliphatic carbocycles. The first-order valence-electron chi connectivity index (χ1n) is 8.38. The van der Waals surface area contributed by atoms with Crippen molar-refractivity contribution in [2.75, 3.05) is 5.32 Å². The molecule has 2 N–H and O–H groups in total. The number of nitrogens with zero attached hydrogens (tertiary/aromatic N) is 2. The number of benzene rings is 1. The molecule has 25 heavy (non-hydrogen) atoms. The van der Waals surface area contributed by atoms with Crippen LogP contribution in [0.2, 0.25) is 0 Å². The summed E-state index contributed by atoms with van der Waals surface area (Å²) in [4.78, 5) is 23.0. The van der Waals surface area contributed by atoms with E-state index in [0.717, 1.165) is 18.9 Å². The minimum absolute atomic E-state index is 0.0793. The number of carboxylic acid groups (broad SMARTS) is 1. The maximum atomic E-state index is 13.9. The number of aromatic nitrogens is 2. The summed E-state index contributed by atoms with van der Waals surface area (Å²) >= 11 is 0. The van der Waals surface area contributed by atoms with Crippen molar-refractivity contribution in [2.45, 2.75) is 44.6 Å². The fourth-order valence-corrected chi connectivity index (χ4v) is 3.14. The zero-order chi connectivity index (χ0) is 17.8. The van der Waals surface area contributed by atoms with Gasteiger partial charge < -0.3 is 10.4 Å². The number of carbonyl (C=O) groups excluding carboxylic acids is 1. The van der Waals surface area contributed by atoms with E-state index in [-0.39, 0.29) is 17.2 Å². The Morgan fingerprint density at radius 3 is 2.72 bits per heavy atom. The average Bonchev–Trinajstić information content (AvgIpc) is 3.08. The van der Waals surface area contributed by atoms with E-state index in [1.807, 2.05) is 4.68 Å². The van der Waals surface area contributed by atoms with E-state index in [9.17, 15) is 14.0 Å². The molecule has 0 spiro atoms. The number of hydrogen-bond donors (Lipinski definition) is 2. The van der Waals surface area contributed by atoms with E-state index < -0.39 is 18.2 Å². The van der Waals surface area contributed by atoms with Crippen molar-refractivity contribution in [3.63, 3.8) is 0 Å². The Kier molecular flexibility index (Phi) is 5.11. The van der Waals surface area contributed by atoms with Crippen LogP contribution in [0.15, 0.2) is 30.6 Å². The molecular formula is C18H20FN3O3. The maximum absolute atomic E-state index is 13.9. The van der Waals surface area contributed by atoms with Crippen LogP contribution in [0, 0.1) is 5.82 Å². The van der Waals surface area contributed by atoms with Gasteiger partial charge in [0.25, 0.3) is 5.91 Å². The van der Waals surface area contributed by atoms with Crippen LogP contribution in [0.4, 0.5) is 10.1 Å². The number of halogens is 1. The summed E-state index contributed by atoms with van der Waals surface area (Å²) < 4.78 is 15.7. The van der Waals surface area contributed by atoms with Crippen molar-refractivity contribution in [1.29, 1.82) is 0 Å². The number of amides is 1. The highest BCUT2D eigenvalue weighted by molar-refractivity contribution is 6.03. The van der Waals surface area contributed by atoms with Gasteiger partial charge in [-0.1, -0.05) is 25.3 Å². The summed E-state index contributed by atoms with van der Waals surface area (Å²) in [6.07, 6.45) is 8.57. The second-order valence-corrected chi connectivity index (χ2v) is 6.33. The largest absolute Gasteiger partial charge is 0.481 e. The monoisotopic (exact) mass is 345 g/mol. The van der Waals surface area contributed by atoms with Crippen LogP contribution in [-0.4, -0.2) is 26.8 Å². The number of carbonyl (C=O) groups is 2. The van der Waals surface area contributed by atoms with Crippen molar-refractivity contribution >= 4 is 17.6 Å². The number of carboxylic acids is 1. The summed E-state index contributed by atoms with van der Waals surface area (Å²) in [5.41, 5.74) is 0.776. The second kappa shape index (κ2) is 7.46. The van der Waals surface area contributed by atoms with Crippen LogP contribution in [0.5, 0.6) is 0 Å². The molecule has 1 aliphatic rings. The van der Waals surface area contributed by atoms with E-state index in [2.05, 4.69) is 10.4 Å². The standard InChI is InChI=1S/C18H20FN3O3/c19-16-9-14(7-6-12(16)8-17(23)24)21-18(25)13-10-20-22(11-13)15-4-2-1-3-5-15/h6-7,9-11,15H,1-5,8H2,(H,21,25)(H,23,24). The van der Waals surface area contributed by atoms with E-state index in [1.54, 1.807) is 6.20 Å². The van der Waals surface area contributed by atoms with Crippen molar-refractivity contribution in [3.05, 3.63) is 47.5 Å². The van der Waals surface area contributed by atoms with Crippen molar-refractivity contribution in [1.82, 2.24) is 9.78 Å². The summed E-state index contributed by atoms with van der Waals surface area (Å²) in [5, 5.41) is 15.6. The normalized spacial score (nSPS) is 15.1. The lowest BCUT2D eigenvalue weighted by Gasteiger charge is -2.21. The first kappa shape index (κ1) is 17.1. The molecule has 0 aliphatic heterocycles. The summed E-state index contributed by atoms with van der Waals surface area (Å²) in [5.74, 6) is -2.13. The van der Waals surface area contributed by atoms with Gasteiger partial charge in [0, 0.05) is 11.9 Å². The van der Waals surface area contributed by atoms with Gasteiger partial charge in [-0.15, -0.1) is 0 Å². The third-order valence-electron chi connectivity index (χ3n) is 4.47. The number of hydrogen-bond acceptors (Lipinski definition) is 3. The smallest absolute Gasteiger partial charge is 0.307 e. The lowest BCUT2D eigenvalue weighted by atomic mass is 9.96.